The first-order valence-corrected chi connectivity index (χ1v) is 12.7. The van der Waals surface area contributed by atoms with E-state index < -0.39 is 12.0 Å². The van der Waals surface area contributed by atoms with Crippen LogP contribution in [0.2, 0.25) is 5.02 Å². The van der Waals surface area contributed by atoms with Crippen LogP contribution >= 0.6 is 23.4 Å². The average Bonchev–Trinajstić information content (AvgIpc) is 3.21. The number of rotatable bonds is 10. The van der Waals surface area contributed by atoms with E-state index in [1.165, 1.54) is 11.8 Å². The number of aromatic nitrogens is 3. The Balaban J connectivity index is 1.65. The predicted octanol–water partition coefficient (Wildman–Crippen LogP) is 4.50. The maximum absolute atomic E-state index is 12.8. The number of carbonyl (C=O) groups excluding carboxylic acids is 3. The summed E-state index contributed by atoms with van der Waals surface area (Å²) in [5.41, 5.74) is 1.23. The Kier molecular flexibility index (Phi) is 9.49. The fraction of sp³-hybridized carbons (Fsp3) is 0.320. The highest BCUT2D eigenvalue weighted by Crippen LogP contribution is 2.25. The molecule has 0 fully saturated rings. The van der Waals surface area contributed by atoms with Crippen molar-refractivity contribution in [2.75, 3.05) is 17.7 Å². The molecule has 1 atom stereocenters. The average molecular weight is 530 g/mol. The zero-order valence-corrected chi connectivity index (χ0v) is 22.0. The van der Waals surface area contributed by atoms with Gasteiger partial charge in [0, 0.05) is 12.7 Å². The topological polar surface area (TPSA) is 115 Å². The lowest BCUT2D eigenvalue weighted by Crippen LogP contribution is -2.33. The van der Waals surface area contributed by atoms with Crippen molar-refractivity contribution in [3.63, 3.8) is 0 Å². The lowest BCUT2D eigenvalue weighted by Gasteiger charge is -2.22. The Morgan fingerprint density at radius 2 is 1.86 bits per heavy atom. The lowest BCUT2D eigenvalue weighted by atomic mass is 10.0. The van der Waals surface area contributed by atoms with E-state index in [1.807, 2.05) is 13.8 Å². The molecule has 2 N–H and O–H groups in total. The quantitative estimate of drug-likeness (QED) is 0.293. The molecule has 0 saturated carbocycles. The molecule has 0 spiro atoms. The van der Waals surface area contributed by atoms with Crippen LogP contribution in [0.15, 0.2) is 53.7 Å². The van der Waals surface area contributed by atoms with E-state index >= 15 is 0 Å². The first-order chi connectivity index (χ1) is 17.2. The molecule has 0 radical (unpaired) electrons. The van der Waals surface area contributed by atoms with Crippen LogP contribution in [0.1, 0.15) is 53.4 Å². The van der Waals surface area contributed by atoms with Crippen LogP contribution in [-0.4, -0.2) is 44.9 Å². The molecule has 0 saturated heterocycles. The molecule has 3 aromatic rings. The summed E-state index contributed by atoms with van der Waals surface area (Å²) >= 11 is 7.39. The summed E-state index contributed by atoms with van der Waals surface area (Å²) in [4.78, 5) is 37.2. The molecule has 36 heavy (non-hydrogen) atoms. The predicted molar refractivity (Wildman–Crippen MR) is 139 cm³/mol. The van der Waals surface area contributed by atoms with Crippen LogP contribution in [0, 0.1) is 5.92 Å². The summed E-state index contributed by atoms with van der Waals surface area (Å²) < 4.78 is 6.75. The van der Waals surface area contributed by atoms with Gasteiger partial charge in [0.1, 0.15) is 0 Å². The molecule has 2 aromatic carbocycles. The molecular formula is C25H28ClN5O4S. The third-order valence-corrected chi connectivity index (χ3v) is 6.56. The number of amides is 2. The van der Waals surface area contributed by atoms with Gasteiger partial charge in [0.05, 0.1) is 34.6 Å². The van der Waals surface area contributed by atoms with Crippen LogP contribution < -0.4 is 10.6 Å². The van der Waals surface area contributed by atoms with Gasteiger partial charge in [-0.15, -0.1) is 10.2 Å². The minimum absolute atomic E-state index is 0.0205. The zero-order chi connectivity index (χ0) is 26.2. The van der Waals surface area contributed by atoms with Crippen molar-refractivity contribution in [3.05, 3.63) is 70.5 Å². The Bertz CT molecular complexity index is 1250. The van der Waals surface area contributed by atoms with Crippen LogP contribution in [0.4, 0.5) is 5.69 Å². The second-order valence-electron chi connectivity index (χ2n) is 8.21. The smallest absolute Gasteiger partial charge is 0.338 e. The summed E-state index contributed by atoms with van der Waals surface area (Å²) in [7, 11) is 1.79. The fourth-order valence-electron chi connectivity index (χ4n) is 3.38. The third-order valence-electron chi connectivity index (χ3n) is 5.21. The van der Waals surface area contributed by atoms with E-state index in [0.29, 0.717) is 32.8 Å². The summed E-state index contributed by atoms with van der Waals surface area (Å²) in [6.45, 7) is 5.94. The van der Waals surface area contributed by atoms with Gasteiger partial charge in [-0.2, -0.15) is 0 Å². The van der Waals surface area contributed by atoms with Gasteiger partial charge in [0.25, 0.3) is 5.91 Å². The molecule has 1 heterocycles. The van der Waals surface area contributed by atoms with Gasteiger partial charge in [-0.3, -0.25) is 9.59 Å². The normalized spacial score (nSPS) is 11.7. The van der Waals surface area contributed by atoms with Gasteiger partial charge in [-0.1, -0.05) is 55.4 Å². The number of halogens is 1. The molecule has 0 aliphatic carbocycles. The molecule has 0 aliphatic heterocycles. The monoisotopic (exact) mass is 529 g/mol. The summed E-state index contributed by atoms with van der Waals surface area (Å²) in [6, 6.07) is 13.0. The van der Waals surface area contributed by atoms with Crippen molar-refractivity contribution in [2.45, 2.75) is 32.0 Å². The number of hydrogen-bond acceptors (Lipinski definition) is 7. The second kappa shape index (κ2) is 12.5. The largest absolute Gasteiger partial charge is 0.462 e. The minimum atomic E-state index is -0.448. The number of esters is 1. The molecule has 0 bridgehead atoms. The van der Waals surface area contributed by atoms with Crippen molar-refractivity contribution in [2.24, 2.45) is 13.0 Å². The van der Waals surface area contributed by atoms with E-state index in [1.54, 1.807) is 67.1 Å². The van der Waals surface area contributed by atoms with Crippen molar-refractivity contribution in [1.29, 1.82) is 0 Å². The second-order valence-corrected chi connectivity index (χ2v) is 9.56. The number of carbonyl (C=O) groups is 3. The number of ether oxygens (including phenoxy) is 1. The summed E-state index contributed by atoms with van der Waals surface area (Å²) in [5.74, 6) is -0.356. The highest BCUT2D eigenvalue weighted by atomic mass is 35.5. The molecule has 0 unspecified atom stereocenters. The van der Waals surface area contributed by atoms with Gasteiger partial charge in [0.2, 0.25) is 5.91 Å². The number of hydrogen-bond donors (Lipinski definition) is 2. The summed E-state index contributed by atoms with van der Waals surface area (Å²) in [6.07, 6.45) is 0. The van der Waals surface area contributed by atoms with Gasteiger partial charge in [0.15, 0.2) is 11.0 Å². The van der Waals surface area contributed by atoms with Crippen LogP contribution in [-0.2, 0) is 16.6 Å². The van der Waals surface area contributed by atoms with Gasteiger partial charge in [-0.25, -0.2) is 4.79 Å². The van der Waals surface area contributed by atoms with Gasteiger partial charge >= 0.3 is 5.97 Å². The number of nitrogens with zero attached hydrogens (tertiary/aromatic N) is 3. The number of anilines is 1. The number of nitrogens with one attached hydrogen (secondary N) is 2. The first-order valence-electron chi connectivity index (χ1n) is 11.4. The maximum atomic E-state index is 12.8. The first kappa shape index (κ1) is 27.2. The molecule has 9 nitrogen and oxygen atoms in total. The standard InChI is InChI=1S/C25H28ClN5O4S/c1-5-35-24(34)16-9-8-10-17(13-16)27-20(32)14-36-25-30-29-22(31(25)4)21(15(2)3)28-23(33)18-11-6-7-12-19(18)26/h6-13,15,21H,5,14H2,1-4H3,(H,27,32)(H,28,33)/t21-/m1/s1. The van der Waals surface area contributed by atoms with Crippen LogP contribution in [0.5, 0.6) is 0 Å². The third kappa shape index (κ3) is 6.86. The lowest BCUT2D eigenvalue weighted by molar-refractivity contribution is -0.113. The highest BCUT2D eigenvalue weighted by Gasteiger charge is 2.26. The van der Waals surface area contributed by atoms with E-state index in [2.05, 4.69) is 20.8 Å². The molecule has 190 valence electrons. The van der Waals surface area contributed by atoms with Crippen molar-refractivity contribution in [1.82, 2.24) is 20.1 Å². The van der Waals surface area contributed by atoms with Crippen LogP contribution in [0.25, 0.3) is 0 Å². The van der Waals surface area contributed by atoms with Gasteiger partial charge < -0.3 is 19.9 Å². The Hall–Kier alpha value is -3.37. The SMILES string of the molecule is CCOC(=O)c1cccc(NC(=O)CSc2nnc([C@H](NC(=O)c3ccccc3Cl)C(C)C)n2C)c1. The molecule has 2 amide bonds. The van der Waals surface area contributed by atoms with Gasteiger partial charge in [-0.05, 0) is 43.2 Å². The van der Waals surface area contributed by atoms with Crippen molar-refractivity contribution in [3.8, 4) is 0 Å². The number of thioether (sulfide) groups is 1. The molecule has 3 rings (SSSR count). The fourth-order valence-corrected chi connectivity index (χ4v) is 4.32. The maximum Gasteiger partial charge on any atom is 0.338 e. The molecular weight excluding hydrogens is 502 g/mol. The Morgan fingerprint density at radius 1 is 1.11 bits per heavy atom. The van der Waals surface area contributed by atoms with Crippen molar-refractivity contribution >= 4 is 46.8 Å². The van der Waals surface area contributed by atoms with E-state index in [4.69, 9.17) is 16.3 Å². The van der Waals surface area contributed by atoms with E-state index in [-0.39, 0.29) is 30.1 Å². The Labute approximate surface area is 219 Å². The van der Waals surface area contributed by atoms with E-state index in [9.17, 15) is 14.4 Å². The van der Waals surface area contributed by atoms with Crippen LogP contribution in [0.3, 0.4) is 0 Å². The van der Waals surface area contributed by atoms with E-state index in [0.717, 1.165) is 0 Å². The number of benzene rings is 2. The molecule has 1 aromatic heterocycles. The minimum Gasteiger partial charge on any atom is -0.462 e. The van der Waals surface area contributed by atoms with Crippen molar-refractivity contribution < 1.29 is 19.1 Å². The highest BCUT2D eigenvalue weighted by molar-refractivity contribution is 7.99. The summed E-state index contributed by atoms with van der Waals surface area (Å²) in [5, 5.41) is 15.1. The molecule has 11 heteroatoms. The zero-order valence-electron chi connectivity index (χ0n) is 20.4. The molecule has 0 aliphatic rings. The Morgan fingerprint density at radius 3 is 2.56 bits per heavy atom.